The van der Waals surface area contributed by atoms with Gasteiger partial charge < -0.3 is 14.6 Å². The molecule has 0 radical (unpaired) electrons. The number of aliphatic carboxylic acids is 1. The topological polar surface area (TPSA) is 89.9 Å². The number of carboxylic acids is 1. The van der Waals surface area contributed by atoms with Crippen molar-refractivity contribution < 1.29 is 29.0 Å². The van der Waals surface area contributed by atoms with Crippen LogP contribution in [0.5, 0.6) is 0 Å². The molecule has 1 N–H and O–H groups in total. The summed E-state index contributed by atoms with van der Waals surface area (Å²) >= 11 is 0. The molecule has 0 amide bonds. The monoisotopic (exact) mass is 458 g/mol. The third-order valence-corrected chi connectivity index (χ3v) is 3.96. The normalized spacial score (nSPS) is 9.73. The van der Waals surface area contributed by atoms with Gasteiger partial charge in [-0.3, -0.25) is 0 Å². The Morgan fingerprint density at radius 1 is 0.970 bits per heavy atom. The molecule has 0 saturated carbocycles. The molecular formula is C27H38O6. The fourth-order valence-corrected chi connectivity index (χ4v) is 1.82. The van der Waals surface area contributed by atoms with E-state index < -0.39 is 11.9 Å². The molecule has 0 aliphatic rings. The van der Waals surface area contributed by atoms with Crippen molar-refractivity contribution >= 4 is 24.0 Å². The van der Waals surface area contributed by atoms with Gasteiger partial charge in [0.15, 0.2) is 0 Å². The SMILES string of the molecule is C=C(CC=C(C)C(=O)O)C(=O)OCCCC.C=CC(=O)OCCCC.C=Cc1ccccc1. The van der Waals surface area contributed by atoms with Crippen molar-refractivity contribution in [3.05, 3.63) is 78.9 Å². The molecule has 182 valence electrons. The molecule has 0 atom stereocenters. The highest BCUT2D eigenvalue weighted by atomic mass is 16.5. The van der Waals surface area contributed by atoms with E-state index in [4.69, 9.17) is 9.84 Å². The van der Waals surface area contributed by atoms with E-state index in [9.17, 15) is 14.4 Å². The van der Waals surface area contributed by atoms with E-state index in [0.717, 1.165) is 25.7 Å². The first-order chi connectivity index (χ1) is 15.7. The van der Waals surface area contributed by atoms with Gasteiger partial charge in [-0.2, -0.15) is 0 Å². The third kappa shape index (κ3) is 20.3. The number of esters is 2. The van der Waals surface area contributed by atoms with Gasteiger partial charge in [-0.25, -0.2) is 14.4 Å². The predicted molar refractivity (Wildman–Crippen MR) is 134 cm³/mol. The molecule has 0 saturated heterocycles. The van der Waals surface area contributed by atoms with Crippen LogP contribution in [0.1, 0.15) is 58.4 Å². The zero-order valence-electron chi connectivity index (χ0n) is 20.2. The Morgan fingerprint density at radius 3 is 1.94 bits per heavy atom. The number of ether oxygens (including phenoxy) is 2. The summed E-state index contributed by atoms with van der Waals surface area (Å²) in [5.74, 6) is -1.78. The van der Waals surface area contributed by atoms with Gasteiger partial charge in [0.05, 0.1) is 13.2 Å². The van der Waals surface area contributed by atoms with Gasteiger partial charge in [0, 0.05) is 17.2 Å². The number of benzene rings is 1. The summed E-state index contributed by atoms with van der Waals surface area (Å²) in [6.45, 7) is 16.9. The summed E-state index contributed by atoms with van der Waals surface area (Å²) in [6, 6.07) is 10.0. The molecule has 0 heterocycles. The van der Waals surface area contributed by atoms with E-state index in [0.29, 0.717) is 13.2 Å². The van der Waals surface area contributed by atoms with Gasteiger partial charge in [0.25, 0.3) is 0 Å². The smallest absolute Gasteiger partial charge is 0.333 e. The summed E-state index contributed by atoms with van der Waals surface area (Å²) in [6.07, 6.45) is 8.43. The Balaban J connectivity index is 0. The average molecular weight is 459 g/mol. The number of rotatable bonds is 12. The molecule has 0 aliphatic carbocycles. The number of allylic oxidation sites excluding steroid dienone is 1. The first-order valence-corrected chi connectivity index (χ1v) is 10.9. The minimum atomic E-state index is -0.993. The Kier molecular flexibility index (Phi) is 21.0. The van der Waals surface area contributed by atoms with Crippen LogP contribution in [0.15, 0.2) is 73.4 Å². The third-order valence-electron chi connectivity index (χ3n) is 3.96. The Labute approximate surface area is 198 Å². The van der Waals surface area contributed by atoms with Crippen molar-refractivity contribution in [1.82, 2.24) is 0 Å². The summed E-state index contributed by atoms with van der Waals surface area (Å²) in [5, 5.41) is 8.59. The molecule has 1 aromatic rings. The standard InChI is InChI=1S/C12H18O4.C8H8.C7H12O2/c1-4-5-8-16-12(15)10(3)7-6-9(2)11(13)14;1-2-8-6-4-3-5-7-8;1-3-5-6-9-7(8)4-2/h6H,3-5,7-8H2,1-2H3,(H,13,14);2-7H,1H2;4H,2-3,5-6H2,1H3. The molecule has 0 unspecified atom stereocenters. The largest absolute Gasteiger partial charge is 0.478 e. The predicted octanol–water partition coefficient (Wildman–Crippen LogP) is 6.15. The Hall–Kier alpha value is -3.41. The van der Waals surface area contributed by atoms with Gasteiger partial charge >= 0.3 is 17.9 Å². The molecule has 0 fully saturated rings. The van der Waals surface area contributed by atoms with Crippen molar-refractivity contribution in [3.8, 4) is 0 Å². The van der Waals surface area contributed by atoms with E-state index in [-0.39, 0.29) is 23.5 Å². The maximum atomic E-state index is 11.3. The zero-order valence-corrected chi connectivity index (χ0v) is 20.2. The minimum absolute atomic E-state index is 0.197. The quantitative estimate of drug-likeness (QED) is 0.229. The van der Waals surface area contributed by atoms with E-state index in [2.05, 4.69) is 24.5 Å². The van der Waals surface area contributed by atoms with Crippen molar-refractivity contribution in [2.45, 2.75) is 52.9 Å². The number of unbranched alkanes of at least 4 members (excludes halogenated alkanes) is 2. The second-order valence-electron chi connectivity index (χ2n) is 6.83. The van der Waals surface area contributed by atoms with Crippen LogP contribution in [0.2, 0.25) is 0 Å². The lowest BCUT2D eigenvalue weighted by Gasteiger charge is -2.04. The molecule has 1 rings (SSSR count). The molecule has 6 heteroatoms. The molecule has 0 spiro atoms. The number of carbonyl (C=O) groups is 3. The zero-order chi connectivity index (χ0) is 25.5. The summed E-state index contributed by atoms with van der Waals surface area (Å²) < 4.78 is 9.60. The second kappa shape index (κ2) is 21.8. The van der Waals surface area contributed by atoms with Crippen LogP contribution in [0, 0.1) is 0 Å². The van der Waals surface area contributed by atoms with Crippen LogP contribution in [0.3, 0.4) is 0 Å². The van der Waals surface area contributed by atoms with Crippen molar-refractivity contribution in [2.24, 2.45) is 0 Å². The van der Waals surface area contributed by atoms with Crippen LogP contribution >= 0.6 is 0 Å². The van der Waals surface area contributed by atoms with Crippen LogP contribution < -0.4 is 0 Å². The highest BCUT2D eigenvalue weighted by molar-refractivity contribution is 5.89. The van der Waals surface area contributed by atoms with E-state index in [1.807, 2.05) is 50.3 Å². The fourth-order valence-electron chi connectivity index (χ4n) is 1.82. The minimum Gasteiger partial charge on any atom is -0.478 e. The van der Waals surface area contributed by atoms with Crippen molar-refractivity contribution in [1.29, 1.82) is 0 Å². The maximum Gasteiger partial charge on any atom is 0.333 e. The molecule has 0 bridgehead atoms. The molecular weight excluding hydrogens is 420 g/mol. The molecule has 0 aromatic heterocycles. The van der Waals surface area contributed by atoms with Gasteiger partial charge in [0.1, 0.15) is 0 Å². The second-order valence-corrected chi connectivity index (χ2v) is 6.83. The van der Waals surface area contributed by atoms with Crippen LogP contribution in [0.25, 0.3) is 6.08 Å². The fraction of sp³-hybridized carbons (Fsp3) is 0.370. The van der Waals surface area contributed by atoms with E-state index in [1.54, 1.807) is 0 Å². The van der Waals surface area contributed by atoms with Crippen LogP contribution in [-0.4, -0.2) is 36.2 Å². The lowest BCUT2D eigenvalue weighted by Crippen LogP contribution is -2.08. The van der Waals surface area contributed by atoms with Gasteiger partial charge in [-0.15, -0.1) is 0 Å². The summed E-state index contributed by atoms with van der Waals surface area (Å²) in [4.78, 5) is 32.1. The number of hydrogen-bond donors (Lipinski definition) is 1. The summed E-state index contributed by atoms with van der Waals surface area (Å²) in [5.41, 5.74) is 1.65. The highest BCUT2D eigenvalue weighted by Crippen LogP contribution is 2.06. The molecule has 0 aliphatic heterocycles. The van der Waals surface area contributed by atoms with Crippen LogP contribution in [0.4, 0.5) is 0 Å². The maximum absolute atomic E-state index is 11.3. The first-order valence-electron chi connectivity index (χ1n) is 10.9. The van der Waals surface area contributed by atoms with Gasteiger partial charge in [-0.1, -0.05) is 88.9 Å². The van der Waals surface area contributed by atoms with Gasteiger partial charge in [0.2, 0.25) is 0 Å². The Bertz CT molecular complexity index is 762. The highest BCUT2D eigenvalue weighted by Gasteiger charge is 2.07. The van der Waals surface area contributed by atoms with Crippen LogP contribution in [-0.2, 0) is 23.9 Å². The number of carbonyl (C=O) groups excluding carboxylic acids is 2. The van der Waals surface area contributed by atoms with Gasteiger partial charge in [-0.05, 0) is 31.7 Å². The Morgan fingerprint density at radius 2 is 1.52 bits per heavy atom. The number of hydrogen-bond acceptors (Lipinski definition) is 5. The first kappa shape index (κ1) is 31.8. The molecule has 6 nitrogen and oxygen atoms in total. The lowest BCUT2D eigenvalue weighted by molar-refractivity contribution is -0.139. The average Bonchev–Trinajstić information content (AvgIpc) is 2.83. The number of carboxylic acid groups (broad SMARTS) is 1. The lowest BCUT2D eigenvalue weighted by atomic mass is 10.1. The van der Waals surface area contributed by atoms with E-state index >= 15 is 0 Å². The van der Waals surface area contributed by atoms with Crippen molar-refractivity contribution in [2.75, 3.05) is 13.2 Å². The molecule has 33 heavy (non-hydrogen) atoms. The van der Waals surface area contributed by atoms with Crippen molar-refractivity contribution in [3.63, 3.8) is 0 Å². The molecule has 1 aromatic carbocycles. The summed E-state index contributed by atoms with van der Waals surface area (Å²) in [7, 11) is 0. The van der Waals surface area contributed by atoms with E-state index in [1.165, 1.54) is 24.6 Å².